The summed E-state index contributed by atoms with van der Waals surface area (Å²) in [6, 6.07) is 9.53. The van der Waals surface area contributed by atoms with Crippen molar-refractivity contribution >= 4 is 34.1 Å². The van der Waals surface area contributed by atoms with Crippen LogP contribution in [0.2, 0.25) is 5.02 Å². The molecular formula is C14H11ClN4. The van der Waals surface area contributed by atoms with Gasteiger partial charge in [0.25, 0.3) is 0 Å². The Hall–Kier alpha value is -2.20. The van der Waals surface area contributed by atoms with Crippen LogP contribution in [0.1, 0.15) is 5.56 Å². The maximum absolute atomic E-state index is 6.11. The summed E-state index contributed by atoms with van der Waals surface area (Å²) in [5.41, 5.74) is 2.58. The average Bonchev–Trinajstić information content (AvgIpc) is 2.44. The molecule has 3 aromatic rings. The predicted molar refractivity (Wildman–Crippen MR) is 76.8 cm³/mol. The molecule has 0 aliphatic heterocycles. The first-order valence-corrected chi connectivity index (χ1v) is 6.21. The Kier molecular flexibility index (Phi) is 3.01. The Balaban J connectivity index is 2.09. The number of anilines is 2. The van der Waals surface area contributed by atoms with E-state index in [1.807, 2.05) is 37.3 Å². The van der Waals surface area contributed by atoms with Crippen LogP contribution in [0.4, 0.5) is 11.5 Å². The monoisotopic (exact) mass is 270 g/mol. The smallest absolute Gasteiger partial charge is 0.164 e. The molecule has 19 heavy (non-hydrogen) atoms. The Morgan fingerprint density at radius 2 is 1.95 bits per heavy atom. The molecule has 0 radical (unpaired) electrons. The van der Waals surface area contributed by atoms with Gasteiger partial charge in [-0.2, -0.15) is 0 Å². The van der Waals surface area contributed by atoms with E-state index in [1.54, 1.807) is 6.20 Å². The number of nitrogens with zero attached hydrogens (tertiary/aromatic N) is 3. The van der Waals surface area contributed by atoms with Gasteiger partial charge in [-0.1, -0.05) is 17.7 Å². The summed E-state index contributed by atoms with van der Waals surface area (Å²) >= 11 is 6.11. The molecule has 4 nitrogen and oxygen atoms in total. The first-order chi connectivity index (χ1) is 9.25. The summed E-state index contributed by atoms with van der Waals surface area (Å²) in [5.74, 6) is 0.725. The maximum Gasteiger partial charge on any atom is 0.164 e. The van der Waals surface area contributed by atoms with Crippen molar-refractivity contribution < 1.29 is 0 Å². The molecule has 0 aliphatic rings. The number of aromatic nitrogens is 3. The van der Waals surface area contributed by atoms with Crippen LogP contribution in [0.5, 0.6) is 0 Å². The lowest BCUT2D eigenvalue weighted by Gasteiger charge is -2.11. The Morgan fingerprint density at radius 3 is 2.84 bits per heavy atom. The van der Waals surface area contributed by atoms with E-state index in [0.717, 1.165) is 27.5 Å². The zero-order chi connectivity index (χ0) is 13.2. The summed E-state index contributed by atoms with van der Waals surface area (Å²) in [7, 11) is 0. The van der Waals surface area contributed by atoms with Crippen molar-refractivity contribution in [3.05, 3.63) is 53.4 Å². The van der Waals surface area contributed by atoms with Gasteiger partial charge in [-0.15, -0.1) is 0 Å². The molecule has 0 bridgehead atoms. The normalized spacial score (nSPS) is 10.6. The van der Waals surface area contributed by atoms with Gasteiger partial charge in [0.15, 0.2) is 5.65 Å². The molecule has 0 saturated carbocycles. The van der Waals surface area contributed by atoms with Crippen molar-refractivity contribution in [3.63, 3.8) is 0 Å². The Morgan fingerprint density at radius 1 is 1.05 bits per heavy atom. The van der Waals surface area contributed by atoms with Crippen molar-refractivity contribution in [1.82, 2.24) is 15.0 Å². The van der Waals surface area contributed by atoms with Crippen molar-refractivity contribution in [1.29, 1.82) is 0 Å². The van der Waals surface area contributed by atoms with E-state index in [4.69, 9.17) is 11.6 Å². The first-order valence-electron chi connectivity index (χ1n) is 5.83. The molecule has 0 aliphatic carbocycles. The van der Waals surface area contributed by atoms with E-state index in [9.17, 15) is 0 Å². The molecule has 0 spiro atoms. The standard InChI is InChI=1S/C14H11ClN4/c1-9-11(15)5-2-6-12(9)19-14-10-4-3-7-16-13(10)17-8-18-14/h2-8H,1H3,(H,16,17,18,19). The van der Waals surface area contributed by atoms with Gasteiger partial charge in [0.2, 0.25) is 0 Å². The van der Waals surface area contributed by atoms with Gasteiger partial charge in [0, 0.05) is 16.9 Å². The lowest BCUT2D eigenvalue weighted by atomic mass is 10.2. The van der Waals surface area contributed by atoms with Gasteiger partial charge >= 0.3 is 0 Å². The minimum absolute atomic E-state index is 0.666. The Labute approximate surface area is 115 Å². The molecule has 1 N–H and O–H groups in total. The third-order valence-electron chi connectivity index (χ3n) is 2.93. The van der Waals surface area contributed by atoms with E-state index in [-0.39, 0.29) is 0 Å². The fourth-order valence-electron chi connectivity index (χ4n) is 1.87. The third kappa shape index (κ3) is 2.22. The fourth-order valence-corrected chi connectivity index (χ4v) is 2.04. The number of nitrogens with one attached hydrogen (secondary N) is 1. The van der Waals surface area contributed by atoms with Gasteiger partial charge < -0.3 is 5.32 Å². The van der Waals surface area contributed by atoms with Crippen LogP contribution in [-0.2, 0) is 0 Å². The lowest BCUT2D eigenvalue weighted by Crippen LogP contribution is -1.98. The van der Waals surface area contributed by atoms with Gasteiger partial charge in [-0.05, 0) is 36.8 Å². The second-order valence-corrected chi connectivity index (χ2v) is 4.54. The number of fused-ring (bicyclic) bond motifs is 1. The van der Waals surface area contributed by atoms with Crippen molar-refractivity contribution in [2.75, 3.05) is 5.32 Å². The third-order valence-corrected chi connectivity index (χ3v) is 3.34. The van der Waals surface area contributed by atoms with E-state index < -0.39 is 0 Å². The lowest BCUT2D eigenvalue weighted by molar-refractivity contribution is 1.18. The quantitative estimate of drug-likeness (QED) is 0.771. The van der Waals surface area contributed by atoms with Gasteiger partial charge in [0.05, 0.1) is 5.39 Å². The highest BCUT2D eigenvalue weighted by atomic mass is 35.5. The summed E-state index contributed by atoms with van der Waals surface area (Å²) < 4.78 is 0. The SMILES string of the molecule is Cc1c(Cl)cccc1Nc1ncnc2ncccc12. The molecule has 0 unspecified atom stereocenters. The van der Waals surface area contributed by atoms with Crippen molar-refractivity contribution in [2.45, 2.75) is 6.92 Å². The zero-order valence-corrected chi connectivity index (χ0v) is 11.0. The average molecular weight is 271 g/mol. The number of hydrogen-bond donors (Lipinski definition) is 1. The molecule has 1 aromatic carbocycles. The van der Waals surface area contributed by atoms with Gasteiger partial charge in [-0.25, -0.2) is 15.0 Å². The van der Waals surface area contributed by atoms with Crippen LogP contribution in [0.3, 0.4) is 0 Å². The molecule has 2 heterocycles. The maximum atomic E-state index is 6.11. The van der Waals surface area contributed by atoms with E-state index in [0.29, 0.717) is 5.65 Å². The number of benzene rings is 1. The zero-order valence-electron chi connectivity index (χ0n) is 10.3. The topological polar surface area (TPSA) is 50.7 Å². The molecular weight excluding hydrogens is 260 g/mol. The highest BCUT2D eigenvalue weighted by Gasteiger charge is 2.07. The second kappa shape index (κ2) is 4.82. The number of halogens is 1. The fraction of sp³-hybridized carbons (Fsp3) is 0.0714. The molecule has 0 saturated heterocycles. The van der Waals surface area contributed by atoms with Crippen LogP contribution in [0.25, 0.3) is 11.0 Å². The van der Waals surface area contributed by atoms with Crippen LogP contribution in [0, 0.1) is 6.92 Å². The molecule has 5 heteroatoms. The molecule has 0 fully saturated rings. The number of hydrogen-bond acceptors (Lipinski definition) is 4. The Bertz CT molecular complexity index is 737. The molecule has 3 rings (SSSR count). The molecule has 0 amide bonds. The van der Waals surface area contributed by atoms with Crippen molar-refractivity contribution in [2.24, 2.45) is 0 Å². The van der Waals surface area contributed by atoms with Crippen LogP contribution < -0.4 is 5.32 Å². The van der Waals surface area contributed by atoms with Crippen LogP contribution >= 0.6 is 11.6 Å². The largest absolute Gasteiger partial charge is 0.339 e. The van der Waals surface area contributed by atoms with Gasteiger partial charge in [0.1, 0.15) is 12.1 Å². The minimum Gasteiger partial charge on any atom is -0.339 e. The van der Waals surface area contributed by atoms with Crippen LogP contribution in [0.15, 0.2) is 42.9 Å². The number of pyridine rings is 1. The molecule has 2 aromatic heterocycles. The predicted octanol–water partition coefficient (Wildman–Crippen LogP) is 3.73. The summed E-state index contributed by atoms with van der Waals surface area (Å²) in [6.45, 7) is 1.96. The first kappa shape index (κ1) is 11.9. The summed E-state index contributed by atoms with van der Waals surface area (Å²) in [6.07, 6.45) is 3.21. The van der Waals surface area contributed by atoms with E-state index in [2.05, 4.69) is 20.3 Å². The van der Waals surface area contributed by atoms with Gasteiger partial charge in [-0.3, -0.25) is 0 Å². The number of rotatable bonds is 2. The van der Waals surface area contributed by atoms with E-state index >= 15 is 0 Å². The summed E-state index contributed by atoms with van der Waals surface area (Å²) in [5, 5.41) is 4.88. The minimum atomic E-state index is 0.666. The molecule has 94 valence electrons. The highest BCUT2D eigenvalue weighted by molar-refractivity contribution is 6.31. The highest BCUT2D eigenvalue weighted by Crippen LogP contribution is 2.27. The molecule has 0 atom stereocenters. The second-order valence-electron chi connectivity index (χ2n) is 4.13. The van der Waals surface area contributed by atoms with Crippen LogP contribution in [-0.4, -0.2) is 15.0 Å². The van der Waals surface area contributed by atoms with E-state index in [1.165, 1.54) is 6.33 Å². The summed E-state index contributed by atoms with van der Waals surface area (Å²) in [4.78, 5) is 12.6. The van der Waals surface area contributed by atoms with Crippen molar-refractivity contribution in [3.8, 4) is 0 Å².